The molecule has 0 spiro atoms. The monoisotopic (exact) mass is 373 g/mol. The highest BCUT2D eigenvalue weighted by molar-refractivity contribution is 5.94. The maximum absolute atomic E-state index is 13.2. The third-order valence-electron chi connectivity index (χ3n) is 4.72. The van der Waals surface area contributed by atoms with E-state index in [0.717, 1.165) is 12.1 Å². The van der Waals surface area contributed by atoms with Crippen LogP contribution in [-0.2, 0) is 11.2 Å². The number of likely N-dealkylation sites (tertiary alicyclic amines) is 1. The highest BCUT2D eigenvalue weighted by Gasteiger charge is 2.24. The minimum absolute atomic E-state index is 0.0169. The van der Waals surface area contributed by atoms with Crippen LogP contribution in [-0.4, -0.2) is 40.8 Å². The first-order chi connectivity index (χ1) is 13.0. The Hall–Kier alpha value is -2.83. The Balaban J connectivity index is 1.43. The van der Waals surface area contributed by atoms with Gasteiger partial charge in [-0.1, -0.05) is 6.07 Å². The van der Waals surface area contributed by atoms with Crippen molar-refractivity contribution in [1.29, 1.82) is 0 Å². The first-order valence-corrected chi connectivity index (χ1v) is 8.95. The maximum atomic E-state index is 13.2. The van der Waals surface area contributed by atoms with Crippen LogP contribution in [0.15, 0.2) is 42.7 Å². The molecule has 0 bridgehead atoms. The summed E-state index contributed by atoms with van der Waals surface area (Å²) in [6.07, 6.45) is 5.12. The van der Waals surface area contributed by atoms with E-state index in [1.807, 2.05) is 0 Å². The summed E-state index contributed by atoms with van der Waals surface area (Å²) < 4.78 is 26.2. The van der Waals surface area contributed by atoms with Crippen LogP contribution < -0.4 is 5.32 Å². The van der Waals surface area contributed by atoms with Gasteiger partial charge in [-0.2, -0.15) is 0 Å². The van der Waals surface area contributed by atoms with E-state index >= 15 is 0 Å². The number of nitrogens with zero attached hydrogens (tertiary/aromatic N) is 2. The van der Waals surface area contributed by atoms with E-state index in [9.17, 15) is 18.4 Å². The summed E-state index contributed by atoms with van der Waals surface area (Å²) in [5, 5.41) is 2.97. The van der Waals surface area contributed by atoms with Gasteiger partial charge in [-0.15, -0.1) is 0 Å². The molecule has 0 saturated carbocycles. The van der Waals surface area contributed by atoms with E-state index in [2.05, 4.69) is 10.3 Å². The molecule has 27 heavy (non-hydrogen) atoms. The summed E-state index contributed by atoms with van der Waals surface area (Å²) in [7, 11) is 0. The smallest absolute Gasteiger partial charge is 0.253 e. The van der Waals surface area contributed by atoms with Crippen molar-refractivity contribution >= 4 is 11.8 Å². The van der Waals surface area contributed by atoms with E-state index in [-0.39, 0.29) is 24.3 Å². The number of benzene rings is 1. The fourth-order valence-corrected chi connectivity index (χ4v) is 3.14. The number of pyridine rings is 1. The molecular weight excluding hydrogens is 352 g/mol. The number of hydrogen-bond acceptors (Lipinski definition) is 3. The van der Waals surface area contributed by atoms with Crippen LogP contribution in [0.3, 0.4) is 0 Å². The van der Waals surface area contributed by atoms with Crippen molar-refractivity contribution in [2.45, 2.75) is 31.7 Å². The van der Waals surface area contributed by atoms with Crippen molar-refractivity contribution in [2.75, 3.05) is 13.1 Å². The lowest BCUT2D eigenvalue weighted by Gasteiger charge is -2.32. The Bertz CT molecular complexity index is 806. The van der Waals surface area contributed by atoms with Gasteiger partial charge in [0, 0.05) is 37.9 Å². The Morgan fingerprint density at radius 3 is 2.59 bits per heavy atom. The predicted molar refractivity (Wildman–Crippen MR) is 96.0 cm³/mol. The molecule has 2 aromatic rings. The van der Waals surface area contributed by atoms with Crippen LogP contribution in [0.4, 0.5) is 8.78 Å². The lowest BCUT2D eigenvalue weighted by Crippen LogP contribution is -2.46. The van der Waals surface area contributed by atoms with Crippen LogP contribution in [0.1, 0.15) is 35.2 Å². The van der Waals surface area contributed by atoms with Crippen molar-refractivity contribution < 1.29 is 18.4 Å². The van der Waals surface area contributed by atoms with E-state index in [0.29, 0.717) is 43.5 Å². The maximum Gasteiger partial charge on any atom is 0.253 e. The normalized spacial score (nSPS) is 14.8. The Labute approximate surface area is 156 Å². The molecule has 1 aromatic carbocycles. The molecule has 1 fully saturated rings. The van der Waals surface area contributed by atoms with Crippen LogP contribution in [0, 0.1) is 11.6 Å². The molecule has 0 radical (unpaired) electrons. The number of carbonyl (C=O) groups excluding carboxylic acids is 2. The molecule has 5 nitrogen and oxygen atoms in total. The Morgan fingerprint density at radius 2 is 1.93 bits per heavy atom. The summed E-state index contributed by atoms with van der Waals surface area (Å²) in [5.74, 6) is -1.96. The number of rotatable bonds is 5. The van der Waals surface area contributed by atoms with Gasteiger partial charge in [0.2, 0.25) is 5.91 Å². The molecule has 2 heterocycles. The highest BCUT2D eigenvalue weighted by atomic mass is 19.2. The second-order valence-electron chi connectivity index (χ2n) is 6.62. The molecule has 1 saturated heterocycles. The number of nitrogens with one attached hydrogen (secondary N) is 1. The van der Waals surface area contributed by atoms with Gasteiger partial charge >= 0.3 is 0 Å². The van der Waals surface area contributed by atoms with Crippen LogP contribution in [0.25, 0.3) is 0 Å². The molecule has 142 valence electrons. The predicted octanol–water partition coefficient (Wildman–Crippen LogP) is 2.71. The summed E-state index contributed by atoms with van der Waals surface area (Å²) in [6, 6.07) is 7.14. The van der Waals surface area contributed by atoms with Gasteiger partial charge in [-0.25, -0.2) is 8.78 Å². The number of amides is 2. The Kier molecular flexibility index (Phi) is 6.11. The van der Waals surface area contributed by atoms with Crippen LogP contribution in [0.2, 0.25) is 0 Å². The van der Waals surface area contributed by atoms with Crippen molar-refractivity contribution in [3.05, 3.63) is 65.5 Å². The minimum Gasteiger partial charge on any atom is -0.349 e. The van der Waals surface area contributed by atoms with Crippen LogP contribution in [0.5, 0.6) is 0 Å². The summed E-state index contributed by atoms with van der Waals surface area (Å²) in [4.78, 5) is 30.2. The van der Waals surface area contributed by atoms with Gasteiger partial charge in [0.1, 0.15) is 0 Å². The van der Waals surface area contributed by atoms with Crippen molar-refractivity contribution in [1.82, 2.24) is 15.2 Å². The van der Waals surface area contributed by atoms with Crippen molar-refractivity contribution in [3.63, 3.8) is 0 Å². The first-order valence-electron chi connectivity index (χ1n) is 8.95. The molecule has 3 rings (SSSR count). The SMILES string of the molecule is O=C(NC1CCN(C(=O)CCc2ccc(F)c(F)c2)CC1)c1cccnc1. The number of halogens is 2. The zero-order valence-corrected chi connectivity index (χ0v) is 14.8. The lowest BCUT2D eigenvalue weighted by molar-refractivity contribution is -0.132. The van der Waals surface area contributed by atoms with Gasteiger partial charge < -0.3 is 10.2 Å². The molecule has 0 aliphatic carbocycles. The number of piperidine rings is 1. The van der Waals surface area contributed by atoms with E-state index in [4.69, 9.17) is 0 Å². The summed E-state index contributed by atoms with van der Waals surface area (Å²) in [5.41, 5.74) is 1.11. The molecule has 0 atom stereocenters. The fourth-order valence-electron chi connectivity index (χ4n) is 3.14. The number of hydrogen-bond donors (Lipinski definition) is 1. The number of aryl methyl sites for hydroxylation is 1. The molecule has 2 amide bonds. The standard InChI is InChI=1S/C20H21F2N3O2/c21-17-5-3-14(12-18(17)22)4-6-19(26)25-10-7-16(8-11-25)24-20(27)15-2-1-9-23-13-15/h1-3,5,9,12-13,16H,4,6-8,10-11H2,(H,24,27). The number of aromatic nitrogens is 1. The van der Waals surface area contributed by atoms with Crippen molar-refractivity contribution in [2.24, 2.45) is 0 Å². The number of carbonyl (C=O) groups is 2. The third-order valence-corrected chi connectivity index (χ3v) is 4.72. The highest BCUT2D eigenvalue weighted by Crippen LogP contribution is 2.15. The van der Waals surface area contributed by atoms with Gasteiger partial charge in [-0.05, 0) is 49.1 Å². The summed E-state index contributed by atoms with van der Waals surface area (Å²) in [6.45, 7) is 1.13. The zero-order valence-electron chi connectivity index (χ0n) is 14.8. The van der Waals surface area contributed by atoms with Gasteiger partial charge in [0.25, 0.3) is 5.91 Å². The van der Waals surface area contributed by atoms with Gasteiger partial charge in [0.15, 0.2) is 11.6 Å². The average Bonchev–Trinajstić information content (AvgIpc) is 2.70. The molecule has 1 aliphatic heterocycles. The average molecular weight is 373 g/mol. The third kappa shape index (κ3) is 5.09. The first kappa shape index (κ1) is 18.9. The minimum atomic E-state index is -0.898. The zero-order chi connectivity index (χ0) is 19.2. The molecule has 1 N–H and O–H groups in total. The van der Waals surface area contributed by atoms with E-state index < -0.39 is 11.6 Å². The topological polar surface area (TPSA) is 62.3 Å². The second kappa shape index (κ2) is 8.70. The molecule has 7 heteroatoms. The van der Waals surface area contributed by atoms with Crippen LogP contribution >= 0.6 is 0 Å². The second-order valence-corrected chi connectivity index (χ2v) is 6.62. The Morgan fingerprint density at radius 1 is 1.15 bits per heavy atom. The van der Waals surface area contributed by atoms with Crippen molar-refractivity contribution in [3.8, 4) is 0 Å². The molecular formula is C20H21F2N3O2. The quantitative estimate of drug-likeness (QED) is 0.877. The van der Waals surface area contributed by atoms with E-state index in [1.54, 1.807) is 23.2 Å². The lowest BCUT2D eigenvalue weighted by atomic mass is 10.0. The fraction of sp³-hybridized carbons (Fsp3) is 0.350. The van der Waals surface area contributed by atoms with Gasteiger partial charge in [-0.3, -0.25) is 14.6 Å². The molecule has 1 aromatic heterocycles. The summed E-state index contributed by atoms with van der Waals surface area (Å²) >= 11 is 0. The van der Waals surface area contributed by atoms with E-state index in [1.165, 1.54) is 12.3 Å². The molecule has 1 aliphatic rings. The molecule has 0 unspecified atom stereocenters. The van der Waals surface area contributed by atoms with Gasteiger partial charge in [0.05, 0.1) is 5.56 Å². The largest absolute Gasteiger partial charge is 0.349 e.